The first kappa shape index (κ1) is 33.7. The van der Waals surface area contributed by atoms with Gasteiger partial charge in [0.05, 0.1) is 24.2 Å². The van der Waals surface area contributed by atoms with Gasteiger partial charge in [0.15, 0.2) is 0 Å². The van der Waals surface area contributed by atoms with E-state index in [-0.39, 0.29) is 27.8 Å². The highest BCUT2D eigenvalue weighted by Crippen LogP contribution is 2.68. The van der Waals surface area contributed by atoms with Gasteiger partial charge >= 0.3 is 11.6 Å². The minimum atomic E-state index is -0.344. The number of carbonyl (C=O) groups excluding carboxylic acids is 1. The van der Waals surface area contributed by atoms with E-state index in [9.17, 15) is 9.59 Å². The van der Waals surface area contributed by atoms with Crippen molar-refractivity contribution in [2.75, 3.05) is 13.2 Å². The van der Waals surface area contributed by atoms with Gasteiger partial charge in [0.2, 0.25) is 0 Å². The Labute approximate surface area is 263 Å². The molecule has 1 saturated carbocycles. The average Bonchev–Trinajstić information content (AvgIpc) is 3.51. The van der Waals surface area contributed by atoms with Gasteiger partial charge in [-0.15, -0.1) is 0 Å². The molecule has 0 saturated heterocycles. The Morgan fingerprint density at radius 3 is 2.18 bits per heavy atom. The zero-order valence-electron chi connectivity index (χ0n) is 28.1. The lowest BCUT2D eigenvalue weighted by Crippen LogP contribution is -2.25. The van der Waals surface area contributed by atoms with Crippen LogP contribution in [0.15, 0.2) is 45.9 Å². The van der Waals surface area contributed by atoms with E-state index in [4.69, 9.17) is 13.9 Å². The summed E-state index contributed by atoms with van der Waals surface area (Å²) in [5, 5.41) is 0.805. The molecule has 6 heteroatoms. The van der Waals surface area contributed by atoms with Crippen LogP contribution in [0.3, 0.4) is 0 Å². The largest absolute Gasteiger partial charge is 0.493 e. The standard InChI is InChI=1S/C38H53NO5/c1-27-22-33(28(2)21-30(27)31-23-29-24-39-18-17-32(29)44-34(31)40)42-19-15-13-11-9-8-10-12-14-16-20-43-35(41)38(7)26-37(38,6)25-36(3,4)5/h17-18,21-24H,8-16,19-20,25-26H2,1-7H3. The first-order chi connectivity index (χ1) is 20.8. The fourth-order valence-corrected chi connectivity index (χ4v) is 6.82. The number of hydrogen-bond acceptors (Lipinski definition) is 6. The van der Waals surface area contributed by atoms with Crippen LogP contribution in [0.25, 0.3) is 22.1 Å². The number of benzene rings is 1. The van der Waals surface area contributed by atoms with Crippen molar-refractivity contribution in [2.45, 2.75) is 119 Å². The number of carbonyl (C=O) groups is 1. The maximum atomic E-state index is 12.7. The van der Waals surface area contributed by atoms with Crippen LogP contribution in [0.1, 0.15) is 116 Å². The van der Waals surface area contributed by atoms with Gasteiger partial charge in [-0.2, -0.15) is 0 Å². The molecule has 2 unspecified atom stereocenters. The predicted octanol–water partition coefficient (Wildman–Crippen LogP) is 9.76. The summed E-state index contributed by atoms with van der Waals surface area (Å²) in [6.07, 6.45) is 15.8. The highest BCUT2D eigenvalue weighted by atomic mass is 16.5. The average molecular weight is 604 g/mol. The molecule has 4 rings (SSSR count). The van der Waals surface area contributed by atoms with Crippen LogP contribution >= 0.6 is 0 Å². The zero-order chi connectivity index (χ0) is 32.0. The molecule has 2 aromatic heterocycles. The second-order valence-electron chi connectivity index (χ2n) is 14.8. The van der Waals surface area contributed by atoms with Gasteiger partial charge in [-0.1, -0.05) is 72.6 Å². The van der Waals surface area contributed by atoms with Gasteiger partial charge in [-0.3, -0.25) is 9.78 Å². The normalized spacial score (nSPS) is 19.7. The number of aryl methyl sites for hydroxylation is 2. The molecule has 1 fully saturated rings. The number of unbranched alkanes of at least 4 members (excludes halogenated alkanes) is 8. The molecule has 0 radical (unpaired) electrons. The number of fused-ring (bicyclic) bond motifs is 1. The second kappa shape index (κ2) is 14.3. The minimum Gasteiger partial charge on any atom is -0.493 e. The highest BCUT2D eigenvalue weighted by molar-refractivity contribution is 5.82. The van der Waals surface area contributed by atoms with Crippen LogP contribution in [0, 0.1) is 30.1 Å². The fraction of sp³-hybridized carbons (Fsp3) is 0.605. The summed E-state index contributed by atoms with van der Waals surface area (Å²) in [5.74, 6) is 0.873. The lowest BCUT2D eigenvalue weighted by molar-refractivity contribution is -0.151. The summed E-state index contributed by atoms with van der Waals surface area (Å²) in [6.45, 7) is 16.3. The summed E-state index contributed by atoms with van der Waals surface area (Å²) in [5.41, 5.74) is 3.60. The van der Waals surface area contributed by atoms with Crippen LogP contribution in [0.2, 0.25) is 0 Å². The fourth-order valence-electron chi connectivity index (χ4n) is 6.82. The van der Waals surface area contributed by atoms with Gasteiger partial charge in [-0.25, -0.2) is 4.79 Å². The Balaban J connectivity index is 1.05. The van der Waals surface area contributed by atoms with Crippen molar-refractivity contribution in [3.05, 3.63) is 58.2 Å². The van der Waals surface area contributed by atoms with E-state index in [2.05, 4.69) is 39.6 Å². The van der Waals surface area contributed by atoms with Crippen LogP contribution in [-0.4, -0.2) is 24.2 Å². The van der Waals surface area contributed by atoms with Crippen molar-refractivity contribution in [1.29, 1.82) is 0 Å². The van der Waals surface area contributed by atoms with Crippen molar-refractivity contribution in [1.82, 2.24) is 4.98 Å². The lowest BCUT2D eigenvalue weighted by atomic mass is 9.79. The summed E-state index contributed by atoms with van der Waals surface area (Å²) in [6, 6.07) is 7.60. The highest BCUT2D eigenvalue weighted by Gasteiger charge is 2.67. The number of rotatable bonds is 16. The first-order valence-corrected chi connectivity index (χ1v) is 16.6. The maximum absolute atomic E-state index is 12.7. The van der Waals surface area contributed by atoms with Crippen molar-refractivity contribution < 1.29 is 18.7 Å². The third kappa shape index (κ3) is 8.51. The van der Waals surface area contributed by atoms with Gasteiger partial charge in [0.1, 0.15) is 11.3 Å². The van der Waals surface area contributed by atoms with E-state index in [0.717, 1.165) is 66.4 Å². The van der Waals surface area contributed by atoms with Gasteiger partial charge in [0.25, 0.3) is 0 Å². The van der Waals surface area contributed by atoms with Gasteiger partial charge < -0.3 is 13.9 Å². The summed E-state index contributed by atoms with van der Waals surface area (Å²) < 4.78 is 17.3. The SMILES string of the molecule is Cc1cc(-c2cc3cnccc3oc2=O)c(C)cc1OCCCCCCCCCCCOC(=O)C1(C)CC1(C)CC(C)(C)C. The van der Waals surface area contributed by atoms with Crippen molar-refractivity contribution in [3.8, 4) is 16.9 Å². The Morgan fingerprint density at radius 1 is 0.886 bits per heavy atom. The third-order valence-corrected chi connectivity index (χ3v) is 9.45. The third-order valence-electron chi connectivity index (χ3n) is 9.45. The molecule has 1 aromatic carbocycles. The van der Waals surface area contributed by atoms with Crippen molar-refractivity contribution in [2.24, 2.45) is 16.2 Å². The van der Waals surface area contributed by atoms with E-state index in [1.165, 1.54) is 32.1 Å². The van der Waals surface area contributed by atoms with E-state index >= 15 is 0 Å². The zero-order valence-corrected chi connectivity index (χ0v) is 28.1. The molecule has 240 valence electrons. The molecule has 3 aromatic rings. The first-order valence-electron chi connectivity index (χ1n) is 16.6. The second-order valence-corrected chi connectivity index (χ2v) is 14.8. The maximum Gasteiger partial charge on any atom is 0.344 e. The van der Waals surface area contributed by atoms with E-state index in [0.29, 0.717) is 24.4 Å². The van der Waals surface area contributed by atoms with Crippen LogP contribution in [-0.2, 0) is 9.53 Å². The van der Waals surface area contributed by atoms with E-state index < -0.39 is 0 Å². The van der Waals surface area contributed by atoms with Crippen LogP contribution in [0.5, 0.6) is 5.75 Å². The topological polar surface area (TPSA) is 78.6 Å². The summed E-state index contributed by atoms with van der Waals surface area (Å²) >= 11 is 0. The lowest BCUT2D eigenvalue weighted by Gasteiger charge is -2.26. The molecule has 0 aliphatic heterocycles. The molecule has 0 bridgehead atoms. The molecule has 0 N–H and O–H groups in total. The van der Waals surface area contributed by atoms with E-state index in [1.54, 1.807) is 18.5 Å². The number of ether oxygens (including phenoxy) is 2. The molecule has 0 amide bonds. The molecular weight excluding hydrogens is 550 g/mol. The number of esters is 1. The number of pyridine rings is 1. The Bertz CT molecular complexity index is 1480. The van der Waals surface area contributed by atoms with Gasteiger partial charge in [-0.05, 0) is 98.2 Å². The molecule has 1 aliphatic rings. The Hall–Kier alpha value is -3.15. The molecule has 6 nitrogen and oxygen atoms in total. The smallest absolute Gasteiger partial charge is 0.344 e. The quantitative estimate of drug-likeness (QED) is 0.120. The summed E-state index contributed by atoms with van der Waals surface area (Å²) in [7, 11) is 0. The predicted molar refractivity (Wildman–Crippen MR) is 178 cm³/mol. The molecule has 0 spiro atoms. The Kier molecular flexibility index (Phi) is 11.0. The van der Waals surface area contributed by atoms with Crippen LogP contribution in [0.4, 0.5) is 0 Å². The number of nitrogens with zero attached hydrogens (tertiary/aromatic N) is 1. The summed E-state index contributed by atoms with van der Waals surface area (Å²) in [4.78, 5) is 29.5. The number of hydrogen-bond donors (Lipinski definition) is 0. The monoisotopic (exact) mass is 603 g/mol. The van der Waals surface area contributed by atoms with E-state index in [1.807, 2.05) is 32.0 Å². The number of aromatic nitrogens is 1. The van der Waals surface area contributed by atoms with Crippen molar-refractivity contribution in [3.63, 3.8) is 0 Å². The van der Waals surface area contributed by atoms with Crippen LogP contribution < -0.4 is 10.4 Å². The van der Waals surface area contributed by atoms with Gasteiger partial charge in [0, 0.05) is 17.8 Å². The molecular formula is C38H53NO5. The Morgan fingerprint density at radius 2 is 1.52 bits per heavy atom. The molecule has 2 atom stereocenters. The van der Waals surface area contributed by atoms with Crippen molar-refractivity contribution >= 4 is 16.9 Å². The minimum absolute atomic E-state index is 0.00341. The molecule has 1 aliphatic carbocycles. The molecule has 44 heavy (non-hydrogen) atoms. The molecule has 2 heterocycles.